The van der Waals surface area contributed by atoms with E-state index >= 15 is 0 Å². The maximum Gasteiger partial charge on any atom is 0.0485 e. The highest BCUT2D eigenvalue weighted by atomic mass is 14.9. The molecular formula is C20H27N. The maximum atomic E-state index is 3.61. The Labute approximate surface area is 129 Å². The Balaban J connectivity index is 2.07. The predicted octanol–water partition coefficient (Wildman–Crippen LogP) is 5.68. The second kappa shape index (κ2) is 6.80. The first-order valence-electron chi connectivity index (χ1n) is 7.88. The van der Waals surface area contributed by atoms with Gasteiger partial charge in [-0.25, -0.2) is 0 Å². The van der Waals surface area contributed by atoms with Crippen molar-refractivity contribution in [3.63, 3.8) is 0 Å². The highest BCUT2D eigenvalue weighted by molar-refractivity contribution is 5.53. The van der Waals surface area contributed by atoms with Crippen LogP contribution in [0.15, 0.2) is 42.5 Å². The van der Waals surface area contributed by atoms with Crippen LogP contribution in [0.3, 0.4) is 0 Å². The normalized spacial score (nSPS) is 12.5. The number of hydrogen-bond acceptors (Lipinski definition) is 1. The molecular weight excluding hydrogens is 254 g/mol. The van der Waals surface area contributed by atoms with Gasteiger partial charge in [0.1, 0.15) is 0 Å². The van der Waals surface area contributed by atoms with Gasteiger partial charge in [0.2, 0.25) is 0 Å². The van der Waals surface area contributed by atoms with Gasteiger partial charge in [0.15, 0.2) is 0 Å². The summed E-state index contributed by atoms with van der Waals surface area (Å²) in [6.45, 7) is 11.0. The average molecular weight is 281 g/mol. The average Bonchev–Trinajstić information content (AvgIpc) is 2.42. The zero-order valence-corrected chi connectivity index (χ0v) is 13.9. The summed E-state index contributed by atoms with van der Waals surface area (Å²) in [4.78, 5) is 0. The van der Waals surface area contributed by atoms with Crippen molar-refractivity contribution in [2.24, 2.45) is 5.92 Å². The third-order valence-electron chi connectivity index (χ3n) is 3.88. The first-order chi connectivity index (χ1) is 9.95. The molecule has 1 atom stereocenters. The molecule has 2 rings (SSSR count). The van der Waals surface area contributed by atoms with Gasteiger partial charge in [-0.3, -0.25) is 0 Å². The summed E-state index contributed by atoms with van der Waals surface area (Å²) in [5, 5.41) is 3.61. The van der Waals surface area contributed by atoms with Gasteiger partial charge in [-0.2, -0.15) is 0 Å². The lowest BCUT2D eigenvalue weighted by atomic mass is 9.99. The van der Waals surface area contributed by atoms with Gasteiger partial charge < -0.3 is 5.32 Å². The molecule has 0 aromatic heterocycles. The molecule has 0 radical (unpaired) electrons. The van der Waals surface area contributed by atoms with Crippen LogP contribution >= 0.6 is 0 Å². The van der Waals surface area contributed by atoms with Crippen LogP contribution in [0.5, 0.6) is 0 Å². The fraction of sp³-hybridized carbons (Fsp3) is 0.400. The lowest BCUT2D eigenvalue weighted by Gasteiger charge is -2.18. The molecule has 2 aromatic rings. The van der Waals surface area contributed by atoms with E-state index in [4.69, 9.17) is 0 Å². The Kier molecular flexibility index (Phi) is 5.06. The zero-order valence-electron chi connectivity index (χ0n) is 13.9. The summed E-state index contributed by atoms with van der Waals surface area (Å²) in [6, 6.07) is 15.9. The molecule has 2 aromatic carbocycles. The van der Waals surface area contributed by atoms with Gasteiger partial charge in [0.25, 0.3) is 0 Å². The molecule has 112 valence electrons. The van der Waals surface area contributed by atoms with Crippen molar-refractivity contribution >= 4 is 5.69 Å². The minimum Gasteiger partial charge on any atom is -0.378 e. The predicted molar refractivity (Wildman–Crippen MR) is 92.9 cm³/mol. The third kappa shape index (κ3) is 4.35. The molecule has 0 heterocycles. The van der Waals surface area contributed by atoms with E-state index in [0.717, 1.165) is 6.42 Å². The molecule has 0 fully saturated rings. The lowest BCUT2D eigenvalue weighted by molar-refractivity contribution is 0.647. The molecule has 0 saturated carbocycles. The summed E-state index contributed by atoms with van der Waals surface area (Å²) in [7, 11) is 0. The summed E-state index contributed by atoms with van der Waals surface area (Å²) in [5.74, 6) is 0.710. The van der Waals surface area contributed by atoms with E-state index in [-0.39, 0.29) is 0 Å². The smallest absolute Gasteiger partial charge is 0.0485 e. The monoisotopic (exact) mass is 281 g/mol. The van der Waals surface area contributed by atoms with Crippen molar-refractivity contribution in [1.82, 2.24) is 0 Å². The minimum absolute atomic E-state index is 0.319. The van der Waals surface area contributed by atoms with Crippen LogP contribution in [-0.2, 0) is 6.42 Å². The Hall–Kier alpha value is -1.76. The molecule has 0 spiro atoms. The van der Waals surface area contributed by atoms with Crippen molar-refractivity contribution in [3.05, 3.63) is 64.7 Å². The zero-order chi connectivity index (χ0) is 15.4. The molecule has 1 unspecified atom stereocenters. The molecule has 1 heteroatoms. The van der Waals surface area contributed by atoms with Gasteiger partial charge in [-0.05, 0) is 55.9 Å². The number of rotatable bonds is 5. The van der Waals surface area contributed by atoms with Crippen LogP contribution in [0.25, 0.3) is 0 Å². The van der Waals surface area contributed by atoms with E-state index < -0.39 is 0 Å². The van der Waals surface area contributed by atoms with Crippen molar-refractivity contribution in [2.75, 3.05) is 5.32 Å². The van der Waals surface area contributed by atoms with Gasteiger partial charge in [-0.1, -0.05) is 55.8 Å². The SMILES string of the molecule is Cc1ccc(NC(C)c2ccc(CC(C)C)cc2)c(C)c1. The Morgan fingerprint density at radius 1 is 0.905 bits per heavy atom. The topological polar surface area (TPSA) is 12.0 Å². The van der Waals surface area contributed by atoms with Gasteiger partial charge in [0, 0.05) is 11.7 Å². The van der Waals surface area contributed by atoms with Gasteiger partial charge >= 0.3 is 0 Å². The molecule has 0 aliphatic rings. The van der Waals surface area contributed by atoms with Crippen LogP contribution in [0.1, 0.15) is 49.1 Å². The van der Waals surface area contributed by atoms with Crippen molar-refractivity contribution in [1.29, 1.82) is 0 Å². The molecule has 1 N–H and O–H groups in total. The fourth-order valence-corrected chi connectivity index (χ4v) is 2.71. The molecule has 21 heavy (non-hydrogen) atoms. The van der Waals surface area contributed by atoms with Crippen molar-refractivity contribution < 1.29 is 0 Å². The quantitative estimate of drug-likeness (QED) is 0.744. The van der Waals surface area contributed by atoms with Crippen LogP contribution in [0.4, 0.5) is 5.69 Å². The molecule has 0 aliphatic carbocycles. The third-order valence-corrected chi connectivity index (χ3v) is 3.88. The highest BCUT2D eigenvalue weighted by Crippen LogP contribution is 2.23. The molecule has 0 amide bonds. The van der Waals surface area contributed by atoms with E-state index in [9.17, 15) is 0 Å². The number of aryl methyl sites for hydroxylation is 2. The van der Waals surface area contributed by atoms with E-state index in [2.05, 4.69) is 82.4 Å². The first-order valence-corrected chi connectivity index (χ1v) is 7.88. The van der Waals surface area contributed by atoms with Crippen LogP contribution < -0.4 is 5.32 Å². The number of benzene rings is 2. The second-order valence-electron chi connectivity index (χ2n) is 6.52. The van der Waals surface area contributed by atoms with E-state index in [0.29, 0.717) is 12.0 Å². The van der Waals surface area contributed by atoms with Crippen LogP contribution in [0, 0.1) is 19.8 Å². The van der Waals surface area contributed by atoms with Gasteiger partial charge in [-0.15, -0.1) is 0 Å². The Morgan fingerprint density at radius 2 is 1.57 bits per heavy atom. The Bertz CT molecular complexity index is 581. The lowest BCUT2D eigenvalue weighted by Crippen LogP contribution is -2.08. The van der Waals surface area contributed by atoms with E-state index in [1.165, 1.54) is 27.9 Å². The summed E-state index contributed by atoms with van der Waals surface area (Å²) in [6.07, 6.45) is 1.15. The molecule has 0 aliphatic heterocycles. The Morgan fingerprint density at radius 3 is 2.14 bits per heavy atom. The molecule has 0 bridgehead atoms. The number of hydrogen-bond donors (Lipinski definition) is 1. The number of anilines is 1. The van der Waals surface area contributed by atoms with E-state index in [1.807, 2.05) is 0 Å². The maximum absolute atomic E-state index is 3.61. The van der Waals surface area contributed by atoms with Crippen LogP contribution in [-0.4, -0.2) is 0 Å². The summed E-state index contributed by atoms with van der Waals surface area (Å²) >= 11 is 0. The van der Waals surface area contributed by atoms with Gasteiger partial charge in [0.05, 0.1) is 0 Å². The molecule has 1 nitrogen and oxygen atoms in total. The minimum atomic E-state index is 0.319. The fourth-order valence-electron chi connectivity index (χ4n) is 2.71. The van der Waals surface area contributed by atoms with E-state index in [1.54, 1.807) is 0 Å². The van der Waals surface area contributed by atoms with Crippen molar-refractivity contribution in [3.8, 4) is 0 Å². The second-order valence-corrected chi connectivity index (χ2v) is 6.52. The first kappa shape index (κ1) is 15.6. The summed E-state index contributed by atoms with van der Waals surface area (Å²) < 4.78 is 0. The molecule has 0 saturated heterocycles. The standard InChI is InChI=1S/C20H27N/c1-14(2)12-18-7-9-19(10-8-18)17(5)21-20-11-6-15(3)13-16(20)4/h6-11,13-14,17,21H,12H2,1-5H3. The van der Waals surface area contributed by atoms with Crippen molar-refractivity contribution in [2.45, 2.75) is 47.1 Å². The summed E-state index contributed by atoms with van der Waals surface area (Å²) in [5.41, 5.74) is 6.59. The number of nitrogens with one attached hydrogen (secondary N) is 1. The van der Waals surface area contributed by atoms with Crippen LogP contribution in [0.2, 0.25) is 0 Å². The largest absolute Gasteiger partial charge is 0.378 e. The highest BCUT2D eigenvalue weighted by Gasteiger charge is 2.07.